The van der Waals surface area contributed by atoms with E-state index in [1.807, 2.05) is 35.2 Å². The van der Waals surface area contributed by atoms with Crippen LogP contribution in [-0.4, -0.2) is 55.4 Å². The summed E-state index contributed by atoms with van der Waals surface area (Å²) in [5, 5.41) is 0. The summed E-state index contributed by atoms with van der Waals surface area (Å²) in [4.78, 5) is 14.4. The summed E-state index contributed by atoms with van der Waals surface area (Å²) in [6.07, 6.45) is 2.78. The van der Waals surface area contributed by atoms with Gasteiger partial charge in [-0.05, 0) is 24.8 Å². The molecule has 5 nitrogen and oxygen atoms in total. The summed E-state index contributed by atoms with van der Waals surface area (Å²) < 4.78 is 11.5. The molecule has 0 aliphatic carbocycles. The topological polar surface area (TPSA) is 64.8 Å². The van der Waals surface area contributed by atoms with E-state index in [1.54, 1.807) is 0 Å². The Hall–Kier alpha value is -1.43. The predicted molar refractivity (Wildman–Crippen MR) is 83.4 cm³/mol. The number of nitrogens with zero attached hydrogens (tertiary/aromatic N) is 1. The zero-order chi connectivity index (χ0) is 15.4. The highest BCUT2D eigenvalue weighted by Crippen LogP contribution is 2.21. The standard InChI is InChI=1S/C17H24N2O3/c18-14(11-13-5-2-1-3-6-13)17(20)19-8-10-22-16(12-19)15-7-4-9-21-15/h1-3,5-6,14-16H,4,7-12,18H2/t14-,15-,16+/m0/s1. The molecule has 0 bridgehead atoms. The zero-order valence-electron chi connectivity index (χ0n) is 12.8. The molecule has 3 atom stereocenters. The molecule has 1 aromatic carbocycles. The lowest BCUT2D eigenvalue weighted by molar-refractivity contribution is -0.146. The summed E-state index contributed by atoms with van der Waals surface area (Å²) in [6, 6.07) is 9.41. The number of hydrogen-bond acceptors (Lipinski definition) is 4. The summed E-state index contributed by atoms with van der Waals surface area (Å²) in [5.41, 5.74) is 7.21. The zero-order valence-corrected chi connectivity index (χ0v) is 12.8. The van der Waals surface area contributed by atoms with Gasteiger partial charge in [-0.1, -0.05) is 30.3 Å². The Labute approximate surface area is 131 Å². The van der Waals surface area contributed by atoms with Crippen LogP contribution >= 0.6 is 0 Å². The predicted octanol–water partition coefficient (Wildman–Crippen LogP) is 0.963. The van der Waals surface area contributed by atoms with Crippen LogP contribution in [0.5, 0.6) is 0 Å². The highest BCUT2D eigenvalue weighted by Gasteiger charge is 2.34. The van der Waals surface area contributed by atoms with Crippen molar-refractivity contribution in [2.75, 3.05) is 26.3 Å². The van der Waals surface area contributed by atoms with Crippen LogP contribution in [0.25, 0.3) is 0 Å². The van der Waals surface area contributed by atoms with E-state index in [1.165, 1.54) is 0 Å². The van der Waals surface area contributed by atoms with Gasteiger partial charge in [0.05, 0.1) is 18.8 Å². The van der Waals surface area contributed by atoms with Crippen molar-refractivity contribution in [3.63, 3.8) is 0 Å². The average Bonchev–Trinajstić information content (AvgIpc) is 3.10. The van der Waals surface area contributed by atoms with Gasteiger partial charge < -0.3 is 20.1 Å². The maximum atomic E-state index is 12.6. The largest absolute Gasteiger partial charge is 0.375 e. The second-order valence-corrected chi connectivity index (χ2v) is 6.04. The molecule has 0 saturated carbocycles. The molecule has 1 amide bonds. The number of morpholine rings is 1. The molecule has 0 radical (unpaired) electrons. The Balaban J connectivity index is 1.56. The maximum Gasteiger partial charge on any atom is 0.239 e. The first-order valence-corrected chi connectivity index (χ1v) is 8.05. The van der Waals surface area contributed by atoms with Crippen molar-refractivity contribution in [3.8, 4) is 0 Å². The first-order chi connectivity index (χ1) is 10.7. The van der Waals surface area contributed by atoms with E-state index < -0.39 is 6.04 Å². The van der Waals surface area contributed by atoms with E-state index in [-0.39, 0.29) is 18.1 Å². The fourth-order valence-corrected chi connectivity index (χ4v) is 3.19. The number of benzene rings is 1. The van der Waals surface area contributed by atoms with Crippen molar-refractivity contribution in [1.82, 2.24) is 4.90 Å². The van der Waals surface area contributed by atoms with Gasteiger partial charge in [-0.2, -0.15) is 0 Å². The van der Waals surface area contributed by atoms with E-state index in [9.17, 15) is 4.79 Å². The number of hydrogen-bond donors (Lipinski definition) is 1. The van der Waals surface area contributed by atoms with Gasteiger partial charge in [0, 0.05) is 19.7 Å². The highest BCUT2D eigenvalue weighted by molar-refractivity contribution is 5.82. The summed E-state index contributed by atoms with van der Waals surface area (Å²) in [5.74, 6) is 0.00940. The van der Waals surface area contributed by atoms with Crippen molar-refractivity contribution in [2.24, 2.45) is 5.73 Å². The van der Waals surface area contributed by atoms with Gasteiger partial charge in [0.25, 0.3) is 0 Å². The number of carbonyl (C=O) groups is 1. The molecule has 2 aliphatic heterocycles. The van der Waals surface area contributed by atoms with Gasteiger partial charge in [0.2, 0.25) is 5.91 Å². The normalized spacial score (nSPS) is 26.9. The van der Waals surface area contributed by atoms with E-state index in [0.29, 0.717) is 26.1 Å². The van der Waals surface area contributed by atoms with Crippen molar-refractivity contribution in [1.29, 1.82) is 0 Å². The molecule has 0 unspecified atom stereocenters. The van der Waals surface area contributed by atoms with Crippen LogP contribution in [0.2, 0.25) is 0 Å². The van der Waals surface area contributed by atoms with E-state index in [4.69, 9.17) is 15.2 Å². The maximum absolute atomic E-state index is 12.6. The number of nitrogens with two attached hydrogens (primary N) is 1. The van der Waals surface area contributed by atoms with E-state index in [0.717, 1.165) is 25.0 Å². The van der Waals surface area contributed by atoms with E-state index in [2.05, 4.69) is 0 Å². The van der Waals surface area contributed by atoms with Crippen LogP contribution in [-0.2, 0) is 20.7 Å². The Bertz CT molecular complexity index is 488. The van der Waals surface area contributed by atoms with Crippen molar-refractivity contribution >= 4 is 5.91 Å². The van der Waals surface area contributed by atoms with Crippen LogP contribution in [0.3, 0.4) is 0 Å². The molecular weight excluding hydrogens is 280 g/mol. The van der Waals surface area contributed by atoms with Crippen molar-refractivity contribution in [2.45, 2.75) is 37.5 Å². The second kappa shape index (κ2) is 7.22. The van der Waals surface area contributed by atoms with Gasteiger partial charge in [-0.25, -0.2) is 0 Å². The number of rotatable bonds is 4. The van der Waals surface area contributed by atoms with Gasteiger partial charge in [-0.15, -0.1) is 0 Å². The van der Waals surface area contributed by atoms with Crippen LogP contribution in [0.1, 0.15) is 18.4 Å². The Morgan fingerprint density at radius 2 is 2.00 bits per heavy atom. The van der Waals surface area contributed by atoms with Crippen molar-refractivity contribution in [3.05, 3.63) is 35.9 Å². The summed E-state index contributed by atoms with van der Waals surface area (Å²) in [7, 11) is 0. The molecule has 2 aliphatic rings. The van der Waals surface area contributed by atoms with Gasteiger partial charge in [0.1, 0.15) is 6.10 Å². The highest BCUT2D eigenvalue weighted by atomic mass is 16.5. The Kier molecular flexibility index (Phi) is 5.08. The number of carbonyl (C=O) groups excluding carboxylic acids is 1. The minimum atomic E-state index is -0.495. The molecule has 2 saturated heterocycles. The molecule has 5 heteroatoms. The summed E-state index contributed by atoms with van der Waals surface area (Å²) >= 11 is 0. The third-order valence-electron chi connectivity index (χ3n) is 4.40. The van der Waals surface area contributed by atoms with Crippen LogP contribution in [0.4, 0.5) is 0 Å². The molecule has 3 rings (SSSR count). The lowest BCUT2D eigenvalue weighted by atomic mass is 10.0. The third kappa shape index (κ3) is 3.66. The molecule has 1 aromatic rings. The monoisotopic (exact) mass is 304 g/mol. The van der Waals surface area contributed by atoms with Crippen LogP contribution < -0.4 is 5.73 Å². The first-order valence-electron chi connectivity index (χ1n) is 8.05. The fourth-order valence-electron chi connectivity index (χ4n) is 3.19. The molecule has 2 heterocycles. The Morgan fingerprint density at radius 3 is 2.73 bits per heavy atom. The van der Waals surface area contributed by atoms with E-state index >= 15 is 0 Å². The van der Waals surface area contributed by atoms with Gasteiger partial charge in [0.15, 0.2) is 0 Å². The smallest absolute Gasteiger partial charge is 0.239 e. The lowest BCUT2D eigenvalue weighted by Crippen LogP contribution is -2.54. The quantitative estimate of drug-likeness (QED) is 0.900. The first kappa shape index (κ1) is 15.5. The van der Waals surface area contributed by atoms with Gasteiger partial charge in [-0.3, -0.25) is 4.79 Å². The molecular formula is C17H24N2O3. The van der Waals surface area contributed by atoms with Crippen LogP contribution in [0.15, 0.2) is 30.3 Å². The SMILES string of the molecule is N[C@@H](Cc1ccccc1)C(=O)N1CCO[C@@H]([C@@H]2CCCO2)C1. The molecule has 0 spiro atoms. The molecule has 22 heavy (non-hydrogen) atoms. The molecule has 2 N–H and O–H groups in total. The minimum Gasteiger partial charge on any atom is -0.375 e. The molecule has 120 valence electrons. The van der Waals surface area contributed by atoms with Crippen molar-refractivity contribution < 1.29 is 14.3 Å². The van der Waals surface area contributed by atoms with Gasteiger partial charge >= 0.3 is 0 Å². The Morgan fingerprint density at radius 1 is 1.23 bits per heavy atom. The molecule has 0 aromatic heterocycles. The number of ether oxygens (including phenoxy) is 2. The summed E-state index contributed by atoms with van der Waals surface area (Å²) in [6.45, 7) is 2.57. The fraction of sp³-hybridized carbons (Fsp3) is 0.588. The second-order valence-electron chi connectivity index (χ2n) is 6.04. The van der Waals surface area contributed by atoms with Crippen LogP contribution in [0, 0.1) is 0 Å². The molecule has 2 fully saturated rings. The number of amides is 1. The minimum absolute atomic E-state index is 0.00940. The lowest BCUT2D eigenvalue weighted by Gasteiger charge is -2.36. The third-order valence-corrected chi connectivity index (χ3v) is 4.40. The average molecular weight is 304 g/mol.